The van der Waals surface area contributed by atoms with Crippen LogP contribution in [0.15, 0.2) is 42.7 Å². The number of hydrogen-bond donors (Lipinski definition) is 1. The van der Waals surface area contributed by atoms with E-state index in [2.05, 4.69) is 4.98 Å². The first-order valence-electron chi connectivity index (χ1n) is 5.03. The summed E-state index contributed by atoms with van der Waals surface area (Å²) in [4.78, 5) is 3.94. The molecule has 0 saturated heterocycles. The minimum atomic E-state index is -0.963. The van der Waals surface area contributed by atoms with Gasteiger partial charge in [-0.2, -0.15) is 0 Å². The van der Waals surface area contributed by atoms with Crippen LogP contribution < -0.4 is 0 Å². The predicted molar refractivity (Wildman–Crippen MR) is 59.4 cm³/mol. The Morgan fingerprint density at radius 1 is 1.19 bits per heavy atom. The molecular weight excluding hydrogens is 205 g/mol. The molecule has 2 nitrogen and oxygen atoms in total. The number of aliphatic hydroxyl groups is 1. The summed E-state index contributed by atoms with van der Waals surface area (Å²) in [7, 11) is 0. The number of halogens is 1. The Bertz CT molecular complexity index is 453. The molecule has 1 unspecified atom stereocenters. The van der Waals surface area contributed by atoms with E-state index in [1.807, 2.05) is 6.92 Å². The second-order valence-corrected chi connectivity index (χ2v) is 3.66. The first-order chi connectivity index (χ1) is 7.70. The first-order valence-corrected chi connectivity index (χ1v) is 5.03. The Hall–Kier alpha value is -1.74. The van der Waals surface area contributed by atoms with Gasteiger partial charge in [-0.15, -0.1) is 0 Å². The van der Waals surface area contributed by atoms with Crippen LogP contribution in [0.3, 0.4) is 0 Å². The molecule has 0 radical (unpaired) electrons. The summed E-state index contributed by atoms with van der Waals surface area (Å²) in [6.07, 6.45) is 2.24. The van der Waals surface area contributed by atoms with Crippen molar-refractivity contribution in [2.24, 2.45) is 0 Å². The molecule has 0 aliphatic carbocycles. The van der Waals surface area contributed by atoms with Gasteiger partial charge in [0.15, 0.2) is 0 Å². The number of aryl methyl sites for hydroxylation is 1. The van der Waals surface area contributed by atoms with Gasteiger partial charge >= 0.3 is 0 Å². The van der Waals surface area contributed by atoms with Crippen molar-refractivity contribution in [2.75, 3.05) is 0 Å². The number of rotatable bonds is 2. The molecule has 3 heteroatoms. The second kappa shape index (κ2) is 4.41. The normalized spacial score (nSPS) is 12.4. The molecule has 0 bridgehead atoms. The Morgan fingerprint density at radius 3 is 2.62 bits per heavy atom. The summed E-state index contributed by atoms with van der Waals surface area (Å²) in [5.74, 6) is -0.404. The van der Waals surface area contributed by atoms with Gasteiger partial charge in [0.05, 0.1) is 0 Å². The molecule has 0 amide bonds. The highest BCUT2D eigenvalue weighted by Gasteiger charge is 2.16. The van der Waals surface area contributed by atoms with Crippen LogP contribution in [0.2, 0.25) is 0 Å². The predicted octanol–water partition coefficient (Wildman–Crippen LogP) is 2.61. The highest BCUT2D eigenvalue weighted by molar-refractivity contribution is 5.33. The number of aliphatic hydroxyl groups excluding tert-OH is 1. The summed E-state index contributed by atoms with van der Waals surface area (Å²) >= 11 is 0. The fraction of sp³-hybridized carbons (Fsp3) is 0.154. The molecule has 0 fully saturated rings. The molecular formula is C13H12FNO. The third-order valence-corrected chi connectivity index (χ3v) is 2.57. The lowest BCUT2D eigenvalue weighted by molar-refractivity contribution is 0.214. The van der Waals surface area contributed by atoms with Crippen molar-refractivity contribution in [3.05, 3.63) is 65.2 Å². The zero-order valence-electron chi connectivity index (χ0n) is 8.89. The SMILES string of the molecule is Cc1ccncc1C(O)c1ccccc1F. The second-order valence-electron chi connectivity index (χ2n) is 3.66. The van der Waals surface area contributed by atoms with Gasteiger partial charge in [-0.25, -0.2) is 4.39 Å². The quantitative estimate of drug-likeness (QED) is 0.838. The van der Waals surface area contributed by atoms with Crippen LogP contribution in [0, 0.1) is 12.7 Å². The molecule has 0 saturated carbocycles. The summed E-state index contributed by atoms with van der Waals surface area (Å²) in [5, 5.41) is 10.1. The molecule has 1 aromatic heterocycles. The minimum absolute atomic E-state index is 0.276. The lowest BCUT2D eigenvalue weighted by atomic mass is 9.99. The number of nitrogens with zero attached hydrogens (tertiary/aromatic N) is 1. The van der Waals surface area contributed by atoms with Crippen LogP contribution in [0.1, 0.15) is 22.8 Å². The van der Waals surface area contributed by atoms with E-state index in [9.17, 15) is 9.50 Å². The number of benzene rings is 1. The maximum absolute atomic E-state index is 13.5. The van der Waals surface area contributed by atoms with E-state index in [0.29, 0.717) is 5.56 Å². The van der Waals surface area contributed by atoms with Crippen LogP contribution in [0.25, 0.3) is 0 Å². The van der Waals surface area contributed by atoms with Crippen LogP contribution in [0.4, 0.5) is 4.39 Å². The maximum atomic E-state index is 13.5. The van der Waals surface area contributed by atoms with E-state index in [4.69, 9.17) is 0 Å². The molecule has 1 heterocycles. The summed E-state index contributed by atoms with van der Waals surface area (Å²) in [5.41, 5.74) is 1.80. The van der Waals surface area contributed by atoms with Gasteiger partial charge in [-0.1, -0.05) is 18.2 Å². The van der Waals surface area contributed by atoms with Gasteiger partial charge in [-0.3, -0.25) is 4.98 Å². The van der Waals surface area contributed by atoms with Crippen LogP contribution in [0.5, 0.6) is 0 Å². The standard InChI is InChI=1S/C13H12FNO/c1-9-6-7-15-8-11(9)13(16)10-4-2-3-5-12(10)14/h2-8,13,16H,1H3. The van der Waals surface area contributed by atoms with Gasteiger partial charge in [0.2, 0.25) is 0 Å². The Labute approximate surface area is 93.4 Å². The van der Waals surface area contributed by atoms with Gasteiger partial charge in [0.25, 0.3) is 0 Å². The van der Waals surface area contributed by atoms with Crippen LogP contribution >= 0.6 is 0 Å². The largest absolute Gasteiger partial charge is 0.383 e. The molecule has 0 aliphatic heterocycles. The average molecular weight is 217 g/mol. The van der Waals surface area contributed by atoms with Crippen molar-refractivity contribution in [2.45, 2.75) is 13.0 Å². The third-order valence-electron chi connectivity index (χ3n) is 2.57. The first kappa shape index (κ1) is 10.8. The van der Waals surface area contributed by atoms with Crippen LogP contribution in [-0.4, -0.2) is 10.1 Å². The molecule has 0 aliphatic rings. The van der Waals surface area contributed by atoms with Crippen molar-refractivity contribution >= 4 is 0 Å². The number of aromatic nitrogens is 1. The maximum Gasteiger partial charge on any atom is 0.129 e. The highest BCUT2D eigenvalue weighted by Crippen LogP contribution is 2.25. The monoisotopic (exact) mass is 217 g/mol. The van der Waals surface area contributed by atoms with Crippen molar-refractivity contribution < 1.29 is 9.50 Å². The van der Waals surface area contributed by atoms with Gasteiger partial charge in [-0.05, 0) is 24.6 Å². The van der Waals surface area contributed by atoms with Gasteiger partial charge in [0, 0.05) is 23.5 Å². The third kappa shape index (κ3) is 1.95. The molecule has 82 valence electrons. The van der Waals surface area contributed by atoms with E-state index in [1.165, 1.54) is 6.07 Å². The topological polar surface area (TPSA) is 33.1 Å². The van der Waals surface area contributed by atoms with Crippen molar-refractivity contribution in [1.29, 1.82) is 0 Å². The van der Waals surface area contributed by atoms with Crippen molar-refractivity contribution in [1.82, 2.24) is 4.98 Å². The molecule has 2 aromatic rings. The Morgan fingerprint density at radius 2 is 1.94 bits per heavy atom. The summed E-state index contributed by atoms with van der Waals surface area (Å²) in [6, 6.07) is 8.01. The molecule has 1 N–H and O–H groups in total. The number of pyridine rings is 1. The molecule has 1 aromatic carbocycles. The zero-order chi connectivity index (χ0) is 11.5. The summed E-state index contributed by atoms with van der Waals surface area (Å²) in [6.45, 7) is 1.86. The fourth-order valence-electron chi connectivity index (χ4n) is 1.63. The Kier molecular flexibility index (Phi) is 2.97. The van der Waals surface area contributed by atoms with E-state index in [-0.39, 0.29) is 5.56 Å². The van der Waals surface area contributed by atoms with Crippen molar-refractivity contribution in [3.8, 4) is 0 Å². The highest BCUT2D eigenvalue weighted by atomic mass is 19.1. The minimum Gasteiger partial charge on any atom is -0.383 e. The smallest absolute Gasteiger partial charge is 0.129 e. The molecule has 1 atom stereocenters. The molecule has 0 spiro atoms. The van der Waals surface area contributed by atoms with E-state index in [1.54, 1.807) is 36.7 Å². The van der Waals surface area contributed by atoms with Gasteiger partial charge < -0.3 is 5.11 Å². The van der Waals surface area contributed by atoms with Gasteiger partial charge in [0.1, 0.15) is 11.9 Å². The zero-order valence-corrected chi connectivity index (χ0v) is 8.89. The average Bonchev–Trinajstić information content (AvgIpc) is 2.29. The Balaban J connectivity index is 2.44. The van der Waals surface area contributed by atoms with E-state index < -0.39 is 11.9 Å². The fourth-order valence-corrected chi connectivity index (χ4v) is 1.63. The van der Waals surface area contributed by atoms with E-state index >= 15 is 0 Å². The molecule has 2 rings (SSSR count). The molecule has 16 heavy (non-hydrogen) atoms. The number of hydrogen-bond acceptors (Lipinski definition) is 2. The van der Waals surface area contributed by atoms with E-state index in [0.717, 1.165) is 5.56 Å². The summed E-state index contributed by atoms with van der Waals surface area (Å²) < 4.78 is 13.5. The lowest BCUT2D eigenvalue weighted by Gasteiger charge is -2.13. The van der Waals surface area contributed by atoms with Crippen molar-refractivity contribution in [3.63, 3.8) is 0 Å². The van der Waals surface area contributed by atoms with Crippen LogP contribution in [-0.2, 0) is 0 Å². The lowest BCUT2D eigenvalue weighted by Crippen LogP contribution is -2.04.